The second kappa shape index (κ2) is 4.77. The summed E-state index contributed by atoms with van der Waals surface area (Å²) < 4.78 is 0. The normalized spacial score (nSPS) is 46.0. The van der Waals surface area contributed by atoms with Crippen LogP contribution in [0.4, 0.5) is 0 Å². The van der Waals surface area contributed by atoms with Gasteiger partial charge in [0.2, 0.25) is 0 Å². The predicted molar refractivity (Wildman–Crippen MR) is 73.4 cm³/mol. The number of likely N-dealkylation sites (N-methyl/N-ethyl adjacent to an activating group) is 1. The highest BCUT2D eigenvalue weighted by Gasteiger charge is 2.56. The molecule has 3 nitrogen and oxygen atoms in total. The van der Waals surface area contributed by atoms with E-state index in [1.165, 1.54) is 32.1 Å². The zero-order chi connectivity index (χ0) is 12.8. The van der Waals surface area contributed by atoms with Crippen molar-refractivity contribution in [2.45, 2.75) is 37.6 Å². The number of hydrogen-bond donors (Lipinski definition) is 2. The first-order valence-electron chi connectivity index (χ1n) is 7.64. The molecule has 18 heavy (non-hydrogen) atoms. The maximum atomic E-state index is 10.0. The van der Waals surface area contributed by atoms with Gasteiger partial charge in [0.25, 0.3) is 0 Å². The Kier molecular flexibility index (Phi) is 3.41. The fourth-order valence-electron chi connectivity index (χ4n) is 5.14. The monoisotopic (exact) mass is 252 g/mol. The summed E-state index contributed by atoms with van der Waals surface area (Å²) in [5.41, 5.74) is 0.0590. The quantitative estimate of drug-likeness (QED) is 0.775. The molecule has 0 atom stereocenters. The minimum absolute atomic E-state index is 0.0590. The van der Waals surface area contributed by atoms with Gasteiger partial charge in [-0.15, -0.1) is 0 Å². The summed E-state index contributed by atoms with van der Waals surface area (Å²) >= 11 is 0. The summed E-state index contributed by atoms with van der Waals surface area (Å²) in [5, 5.41) is 13.8. The molecule has 0 spiro atoms. The van der Waals surface area contributed by atoms with Crippen LogP contribution in [0.3, 0.4) is 0 Å². The van der Waals surface area contributed by atoms with Crippen LogP contribution < -0.4 is 5.32 Å². The number of aliphatic hydroxyl groups is 1. The summed E-state index contributed by atoms with van der Waals surface area (Å²) in [6.45, 7) is 2.42. The van der Waals surface area contributed by atoms with Crippen LogP contribution in [0.5, 0.6) is 0 Å². The molecule has 0 unspecified atom stereocenters. The van der Waals surface area contributed by atoms with Gasteiger partial charge in [-0.05, 0) is 69.9 Å². The van der Waals surface area contributed by atoms with Crippen molar-refractivity contribution >= 4 is 0 Å². The lowest BCUT2D eigenvalue weighted by molar-refractivity contribution is -0.0953. The van der Waals surface area contributed by atoms with Gasteiger partial charge < -0.3 is 15.3 Å². The van der Waals surface area contributed by atoms with Gasteiger partial charge in [0.15, 0.2) is 0 Å². The van der Waals surface area contributed by atoms with Gasteiger partial charge in [-0.25, -0.2) is 0 Å². The summed E-state index contributed by atoms with van der Waals surface area (Å²) in [7, 11) is 4.23. The highest BCUT2D eigenvalue weighted by Crippen LogP contribution is 2.58. The number of rotatable bonds is 5. The highest BCUT2D eigenvalue weighted by atomic mass is 16.3. The number of nitrogens with one attached hydrogen (secondary N) is 1. The van der Waals surface area contributed by atoms with Crippen LogP contribution in [0.2, 0.25) is 0 Å². The SMILES string of the molecule is CN(C)CCNC1(CO)C2CC3CC(C2)CC1C3. The molecule has 0 amide bonds. The molecule has 4 aliphatic carbocycles. The van der Waals surface area contributed by atoms with E-state index in [0.29, 0.717) is 6.61 Å². The molecule has 4 bridgehead atoms. The molecule has 0 radical (unpaired) electrons. The number of hydrogen-bond acceptors (Lipinski definition) is 3. The molecular formula is C15H28N2O. The van der Waals surface area contributed by atoms with Gasteiger partial charge in [-0.3, -0.25) is 0 Å². The first-order valence-corrected chi connectivity index (χ1v) is 7.64. The Hall–Kier alpha value is -0.120. The molecule has 4 rings (SSSR count). The van der Waals surface area contributed by atoms with Crippen molar-refractivity contribution in [3.63, 3.8) is 0 Å². The third-order valence-corrected chi connectivity index (χ3v) is 5.87. The summed E-state index contributed by atoms with van der Waals surface area (Å²) in [4.78, 5) is 2.22. The van der Waals surface area contributed by atoms with E-state index in [1.807, 2.05) is 0 Å². The van der Waals surface area contributed by atoms with Crippen LogP contribution in [0.15, 0.2) is 0 Å². The Morgan fingerprint density at radius 3 is 2.06 bits per heavy atom. The van der Waals surface area contributed by atoms with E-state index in [-0.39, 0.29) is 5.54 Å². The Balaban J connectivity index is 1.70. The Morgan fingerprint density at radius 1 is 1.06 bits per heavy atom. The lowest BCUT2D eigenvalue weighted by Crippen LogP contribution is -2.67. The molecule has 0 aliphatic heterocycles. The molecule has 0 aromatic heterocycles. The van der Waals surface area contributed by atoms with Crippen LogP contribution in [-0.2, 0) is 0 Å². The molecule has 0 aromatic carbocycles. The maximum Gasteiger partial charge on any atom is 0.0618 e. The van der Waals surface area contributed by atoms with Crippen molar-refractivity contribution in [2.75, 3.05) is 33.8 Å². The molecule has 4 fully saturated rings. The van der Waals surface area contributed by atoms with Gasteiger partial charge in [0.05, 0.1) is 6.61 Å². The summed E-state index contributed by atoms with van der Waals surface area (Å²) in [6, 6.07) is 0. The third-order valence-electron chi connectivity index (χ3n) is 5.87. The minimum Gasteiger partial charge on any atom is -0.394 e. The molecule has 4 aliphatic rings. The topological polar surface area (TPSA) is 35.5 Å². The second-order valence-electron chi connectivity index (χ2n) is 7.23. The smallest absolute Gasteiger partial charge is 0.0618 e. The van der Waals surface area contributed by atoms with Crippen molar-refractivity contribution in [3.8, 4) is 0 Å². The van der Waals surface area contributed by atoms with Crippen LogP contribution in [-0.4, -0.2) is 49.3 Å². The molecule has 0 saturated heterocycles. The van der Waals surface area contributed by atoms with Crippen LogP contribution in [0, 0.1) is 23.7 Å². The maximum absolute atomic E-state index is 10.0. The first-order chi connectivity index (χ1) is 8.64. The standard InChI is InChI=1S/C15H28N2O/c1-17(2)4-3-16-15(10-18)13-6-11-5-12(8-13)9-14(15)7-11/h11-14,16,18H,3-10H2,1-2H3. The van der Waals surface area contributed by atoms with E-state index < -0.39 is 0 Å². The van der Waals surface area contributed by atoms with E-state index in [0.717, 1.165) is 36.8 Å². The zero-order valence-corrected chi connectivity index (χ0v) is 11.9. The zero-order valence-electron chi connectivity index (χ0n) is 11.9. The third kappa shape index (κ3) is 2.00. The van der Waals surface area contributed by atoms with E-state index in [1.54, 1.807) is 0 Å². The Labute approximate surface area is 111 Å². The summed E-state index contributed by atoms with van der Waals surface area (Å²) in [6.07, 6.45) is 6.93. The lowest BCUT2D eigenvalue weighted by Gasteiger charge is -2.61. The van der Waals surface area contributed by atoms with Gasteiger partial charge in [0, 0.05) is 18.6 Å². The van der Waals surface area contributed by atoms with E-state index in [9.17, 15) is 5.11 Å². The van der Waals surface area contributed by atoms with E-state index in [2.05, 4.69) is 24.3 Å². The van der Waals surface area contributed by atoms with Crippen molar-refractivity contribution in [2.24, 2.45) is 23.7 Å². The number of aliphatic hydroxyl groups excluding tert-OH is 1. The Bertz CT molecular complexity index is 275. The largest absolute Gasteiger partial charge is 0.394 e. The average Bonchev–Trinajstić information content (AvgIpc) is 2.32. The van der Waals surface area contributed by atoms with Gasteiger partial charge in [-0.2, -0.15) is 0 Å². The second-order valence-corrected chi connectivity index (χ2v) is 7.23. The van der Waals surface area contributed by atoms with Crippen molar-refractivity contribution < 1.29 is 5.11 Å². The van der Waals surface area contributed by atoms with E-state index >= 15 is 0 Å². The average molecular weight is 252 g/mol. The fraction of sp³-hybridized carbons (Fsp3) is 1.00. The molecule has 2 N–H and O–H groups in total. The number of nitrogens with zero attached hydrogens (tertiary/aromatic N) is 1. The van der Waals surface area contributed by atoms with Crippen LogP contribution in [0.1, 0.15) is 32.1 Å². The van der Waals surface area contributed by atoms with Crippen LogP contribution in [0.25, 0.3) is 0 Å². The molecule has 3 heteroatoms. The summed E-state index contributed by atoms with van der Waals surface area (Å²) in [5.74, 6) is 3.42. The van der Waals surface area contributed by atoms with Gasteiger partial charge >= 0.3 is 0 Å². The first kappa shape index (κ1) is 12.9. The van der Waals surface area contributed by atoms with Crippen molar-refractivity contribution in [1.29, 1.82) is 0 Å². The fourth-order valence-corrected chi connectivity index (χ4v) is 5.14. The van der Waals surface area contributed by atoms with Crippen LogP contribution >= 0.6 is 0 Å². The lowest BCUT2D eigenvalue weighted by atomic mass is 9.48. The molecular weight excluding hydrogens is 224 g/mol. The minimum atomic E-state index is 0.0590. The van der Waals surface area contributed by atoms with Crippen molar-refractivity contribution in [1.82, 2.24) is 10.2 Å². The van der Waals surface area contributed by atoms with Gasteiger partial charge in [0.1, 0.15) is 0 Å². The van der Waals surface area contributed by atoms with Crippen molar-refractivity contribution in [3.05, 3.63) is 0 Å². The van der Waals surface area contributed by atoms with Gasteiger partial charge in [-0.1, -0.05) is 0 Å². The molecule has 0 aromatic rings. The molecule has 0 heterocycles. The molecule has 104 valence electrons. The molecule has 4 saturated carbocycles. The van der Waals surface area contributed by atoms with E-state index in [4.69, 9.17) is 0 Å². The Morgan fingerprint density at radius 2 is 1.61 bits per heavy atom. The predicted octanol–water partition coefficient (Wildman–Crippen LogP) is 1.32. The highest BCUT2D eigenvalue weighted by molar-refractivity contribution is 5.11.